The summed E-state index contributed by atoms with van der Waals surface area (Å²) in [5, 5.41) is 3.92. The lowest BCUT2D eigenvalue weighted by Gasteiger charge is -2.58. The Kier molecular flexibility index (Phi) is 5.70. The second kappa shape index (κ2) is 7.08. The summed E-state index contributed by atoms with van der Waals surface area (Å²) in [5.74, 6) is 0. The molecule has 0 aromatic rings. The first-order valence-electron chi connectivity index (χ1n) is 8.60. The van der Waals surface area contributed by atoms with Gasteiger partial charge in [0.05, 0.1) is 6.10 Å². The lowest BCUT2D eigenvalue weighted by atomic mass is 9.55. The van der Waals surface area contributed by atoms with Gasteiger partial charge in [0.2, 0.25) is 0 Å². The standard InChI is InChI=1S/C17H33NO/c1-4-6-10-14(3)18-15-13-16(19-5-2)17(15)11-8-7-9-12-17/h14-16,18H,4-13H2,1-3H3. The molecule has 2 nitrogen and oxygen atoms in total. The first-order chi connectivity index (χ1) is 9.23. The molecule has 0 bridgehead atoms. The minimum atomic E-state index is 0.481. The molecule has 3 atom stereocenters. The first kappa shape index (κ1) is 15.3. The zero-order valence-electron chi connectivity index (χ0n) is 13.2. The Hall–Kier alpha value is -0.0800. The second-order valence-corrected chi connectivity index (χ2v) is 6.74. The van der Waals surface area contributed by atoms with E-state index in [1.165, 1.54) is 57.8 Å². The Balaban J connectivity index is 1.89. The van der Waals surface area contributed by atoms with Gasteiger partial charge >= 0.3 is 0 Å². The largest absolute Gasteiger partial charge is 0.378 e. The summed E-state index contributed by atoms with van der Waals surface area (Å²) in [7, 11) is 0. The van der Waals surface area contributed by atoms with Crippen molar-refractivity contribution in [1.29, 1.82) is 0 Å². The Morgan fingerprint density at radius 1 is 1.21 bits per heavy atom. The third-order valence-corrected chi connectivity index (χ3v) is 5.41. The lowest BCUT2D eigenvalue weighted by molar-refractivity contribution is -0.151. The fourth-order valence-corrected chi connectivity index (χ4v) is 4.23. The molecule has 2 rings (SSSR count). The minimum absolute atomic E-state index is 0.481. The second-order valence-electron chi connectivity index (χ2n) is 6.74. The Morgan fingerprint density at radius 2 is 1.95 bits per heavy atom. The van der Waals surface area contributed by atoms with Crippen molar-refractivity contribution in [3.05, 3.63) is 0 Å². The molecule has 2 aliphatic carbocycles. The van der Waals surface area contributed by atoms with Gasteiger partial charge in [-0.2, -0.15) is 0 Å². The van der Waals surface area contributed by atoms with E-state index in [9.17, 15) is 0 Å². The number of unbranched alkanes of at least 4 members (excludes halogenated alkanes) is 1. The normalized spacial score (nSPS) is 31.1. The summed E-state index contributed by atoms with van der Waals surface area (Å²) in [5.41, 5.74) is 0.481. The highest BCUT2D eigenvalue weighted by molar-refractivity contribution is 5.09. The van der Waals surface area contributed by atoms with Crippen molar-refractivity contribution in [2.75, 3.05) is 6.61 Å². The zero-order chi connectivity index (χ0) is 13.7. The molecule has 2 aliphatic rings. The van der Waals surface area contributed by atoms with Gasteiger partial charge in [-0.25, -0.2) is 0 Å². The molecule has 0 aromatic heterocycles. The number of nitrogens with one attached hydrogen (secondary N) is 1. The highest BCUT2D eigenvalue weighted by Crippen LogP contribution is 2.53. The van der Waals surface area contributed by atoms with Crippen molar-refractivity contribution in [3.63, 3.8) is 0 Å². The molecule has 112 valence electrons. The van der Waals surface area contributed by atoms with Crippen molar-refractivity contribution >= 4 is 0 Å². The van der Waals surface area contributed by atoms with E-state index in [0.29, 0.717) is 17.6 Å². The molecule has 0 aliphatic heterocycles. The van der Waals surface area contributed by atoms with Crippen LogP contribution in [0.2, 0.25) is 0 Å². The molecule has 1 N–H and O–H groups in total. The van der Waals surface area contributed by atoms with E-state index in [2.05, 4.69) is 26.1 Å². The topological polar surface area (TPSA) is 21.3 Å². The van der Waals surface area contributed by atoms with Crippen LogP contribution in [0, 0.1) is 5.41 Å². The van der Waals surface area contributed by atoms with E-state index in [1.807, 2.05) is 0 Å². The quantitative estimate of drug-likeness (QED) is 0.743. The highest BCUT2D eigenvalue weighted by atomic mass is 16.5. The van der Waals surface area contributed by atoms with Gasteiger partial charge in [-0.15, -0.1) is 0 Å². The van der Waals surface area contributed by atoms with Gasteiger partial charge in [0.15, 0.2) is 0 Å². The van der Waals surface area contributed by atoms with Crippen LogP contribution in [0.25, 0.3) is 0 Å². The molecule has 2 saturated carbocycles. The first-order valence-corrected chi connectivity index (χ1v) is 8.60. The molecular formula is C17H33NO. The van der Waals surface area contributed by atoms with Crippen LogP contribution >= 0.6 is 0 Å². The van der Waals surface area contributed by atoms with Crippen LogP contribution in [0.3, 0.4) is 0 Å². The maximum absolute atomic E-state index is 6.02. The summed E-state index contributed by atoms with van der Waals surface area (Å²) in [6.07, 6.45) is 12.8. The fraction of sp³-hybridized carbons (Fsp3) is 1.00. The number of hydrogen-bond acceptors (Lipinski definition) is 2. The molecular weight excluding hydrogens is 234 g/mol. The SMILES string of the molecule is CCCCC(C)NC1CC(OCC)C12CCCCC2. The van der Waals surface area contributed by atoms with Crippen molar-refractivity contribution in [2.45, 2.75) is 96.7 Å². The maximum Gasteiger partial charge on any atom is 0.0661 e. The van der Waals surface area contributed by atoms with Crippen molar-refractivity contribution < 1.29 is 4.74 Å². The smallest absolute Gasteiger partial charge is 0.0661 e. The summed E-state index contributed by atoms with van der Waals surface area (Å²) >= 11 is 0. The average molecular weight is 267 g/mol. The molecule has 0 amide bonds. The van der Waals surface area contributed by atoms with Crippen molar-refractivity contribution in [1.82, 2.24) is 5.32 Å². The Labute approximate surface area is 119 Å². The highest BCUT2D eigenvalue weighted by Gasteiger charge is 2.55. The van der Waals surface area contributed by atoms with Gasteiger partial charge in [0.1, 0.15) is 0 Å². The predicted octanol–water partition coefficient (Wildman–Crippen LogP) is 4.28. The lowest BCUT2D eigenvalue weighted by Crippen LogP contribution is -2.65. The fourth-order valence-electron chi connectivity index (χ4n) is 4.23. The summed E-state index contributed by atoms with van der Waals surface area (Å²) in [6, 6.07) is 1.39. The summed E-state index contributed by atoms with van der Waals surface area (Å²) in [4.78, 5) is 0. The van der Waals surface area contributed by atoms with Crippen LogP contribution in [0.15, 0.2) is 0 Å². The van der Waals surface area contributed by atoms with Gasteiger partial charge in [-0.05, 0) is 39.5 Å². The third-order valence-electron chi connectivity index (χ3n) is 5.41. The van der Waals surface area contributed by atoms with Crippen LogP contribution < -0.4 is 5.32 Å². The van der Waals surface area contributed by atoms with Gasteiger partial charge < -0.3 is 10.1 Å². The van der Waals surface area contributed by atoms with E-state index >= 15 is 0 Å². The van der Waals surface area contributed by atoms with E-state index < -0.39 is 0 Å². The van der Waals surface area contributed by atoms with Crippen molar-refractivity contribution in [2.24, 2.45) is 5.41 Å². The molecule has 19 heavy (non-hydrogen) atoms. The van der Waals surface area contributed by atoms with Crippen LogP contribution in [0.5, 0.6) is 0 Å². The summed E-state index contributed by atoms with van der Waals surface area (Å²) < 4.78 is 6.02. The van der Waals surface area contributed by atoms with E-state index in [0.717, 1.165) is 12.6 Å². The van der Waals surface area contributed by atoms with E-state index in [-0.39, 0.29) is 0 Å². The molecule has 1 spiro atoms. The number of ether oxygens (including phenoxy) is 1. The van der Waals surface area contributed by atoms with E-state index in [1.54, 1.807) is 0 Å². The van der Waals surface area contributed by atoms with Gasteiger partial charge in [0.25, 0.3) is 0 Å². The van der Waals surface area contributed by atoms with Crippen LogP contribution in [0.1, 0.15) is 78.6 Å². The Morgan fingerprint density at radius 3 is 2.58 bits per heavy atom. The van der Waals surface area contributed by atoms with Crippen LogP contribution in [-0.4, -0.2) is 24.8 Å². The average Bonchev–Trinajstić information content (AvgIpc) is 2.45. The van der Waals surface area contributed by atoms with Crippen LogP contribution in [-0.2, 0) is 4.74 Å². The van der Waals surface area contributed by atoms with Gasteiger partial charge in [-0.3, -0.25) is 0 Å². The molecule has 0 heterocycles. The number of rotatable bonds is 7. The molecule has 2 fully saturated rings. The van der Waals surface area contributed by atoms with Gasteiger partial charge in [0, 0.05) is 24.1 Å². The van der Waals surface area contributed by atoms with Crippen LogP contribution in [0.4, 0.5) is 0 Å². The summed E-state index contributed by atoms with van der Waals surface area (Å²) in [6.45, 7) is 7.66. The van der Waals surface area contributed by atoms with Gasteiger partial charge in [-0.1, -0.05) is 39.0 Å². The number of hydrogen-bond donors (Lipinski definition) is 1. The predicted molar refractivity (Wildman–Crippen MR) is 81.5 cm³/mol. The third kappa shape index (κ3) is 3.33. The van der Waals surface area contributed by atoms with E-state index in [4.69, 9.17) is 4.74 Å². The molecule has 3 unspecified atom stereocenters. The minimum Gasteiger partial charge on any atom is -0.378 e. The monoisotopic (exact) mass is 267 g/mol. The maximum atomic E-state index is 6.02. The molecule has 2 heteroatoms. The molecule has 0 radical (unpaired) electrons. The molecule has 0 aromatic carbocycles. The Bertz CT molecular complexity index is 260. The molecule has 0 saturated heterocycles. The van der Waals surface area contributed by atoms with Crippen molar-refractivity contribution in [3.8, 4) is 0 Å². The zero-order valence-corrected chi connectivity index (χ0v) is 13.2.